The molecule has 2 aliphatic rings. The van der Waals surface area contributed by atoms with Crippen molar-refractivity contribution in [1.82, 2.24) is 0 Å². The first-order valence-corrected chi connectivity index (χ1v) is 12.0. The van der Waals surface area contributed by atoms with Gasteiger partial charge < -0.3 is 0 Å². The zero-order valence-corrected chi connectivity index (χ0v) is 23.7. The third kappa shape index (κ3) is 6.84. The zero-order valence-electron chi connectivity index (χ0n) is 15.5. The van der Waals surface area contributed by atoms with E-state index in [1.165, 1.54) is 25.7 Å². The summed E-state index contributed by atoms with van der Waals surface area (Å²) in [5.74, 6) is 1.57. The predicted molar refractivity (Wildman–Crippen MR) is 121 cm³/mol. The fourth-order valence-corrected chi connectivity index (χ4v) is 9.31. The van der Waals surface area contributed by atoms with Crippen LogP contribution >= 0.6 is 48.0 Å². The molecule has 0 N–H and O–H groups in total. The molecule has 130 valence electrons. The molecule has 0 amide bonds. The van der Waals surface area contributed by atoms with E-state index in [4.69, 9.17) is 0 Å². The van der Waals surface area contributed by atoms with Gasteiger partial charge in [-0.2, -0.15) is 0 Å². The van der Waals surface area contributed by atoms with E-state index in [1.807, 2.05) is 6.66 Å². The predicted octanol–water partition coefficient (Wildman–Crippen LogP) is 7.61. The molecule has 2 rings (SSSR count). The van der Waals surface area contributed by atoms with Gasteiger partial charge in [-0.3, -0.25) is 0 Å². The minimum atomic E-state index is -0.801. The van der Waals surface area contributed by atoms with Gasteiger partial charge in [-0.25, -0.2) is 0 Å². The second-order valence-electron chi connectivity index (χ2n) is 7.42. The molecular formula is C20H32HfI2. The third-order valence-corrected chi connectivity index (χ3v) is 10.2. The fraction of sp³-hybridized carbons (Fsp3) is 0.600. The molecule has 0 nitrogen and oxygen atoms in total. The molecule has 2 aliphatic carbocycles. The topological polar surface area (TPSA) is 0 Å². The van der Waals surface area contributed by atoms with Crippen molar-refractivity contribution in [3.8, 4) is 0 Å². The average Bonchev–Trinajstić information content (AvgIpc) is 2.88. The van der Waals surface area contributed by atoms with Crippen LogP contribution in [0.4, 0.5) is 0 Å². The van der Waals surface area contributed by atoms with Crippen molar-refractivity contribution in [2.75, 3.05) is 0 Å². The number of hydrogen-bond donors (Lipinski definition) is 0. The van der Waals surface area contributed by atoms with Gasteiger partial charge >= 0.3 is 143 Å². The molecule has 0 aromatic heterocycles. The van der Waals surface area contributed by atoms with Crippen LogP contribution < -0.4 is 0 Å². The molecule has 3 heteroatoms. The number of allylic oxidation sites excluding steroid dienone is 8. The van der Waals surface area contributed by atoms with Crippen LogP contribution in [0.5, 0.6) is 0 Å². The summed E-state index contributed by atoms with van der Waals surface area (Å²) in [4.78, 5) is 0. The van der Waals surface area contributed by atoms with Crippen molar-refractivity contribution in [3.05, 3.63) is 41.1 Å². The average molecular weight is 705 g/mol. The minimum Gasteiger partial charge on any atom is -0.107 e. The zero-order chi connectivity index (χ0) is 15.6. The van der Waals surface area contributed by atoms with Crippen molar-refractivity contribution in [2.45, 2.75) is 67.2 Å². The molecular weight excluding hydrogens is 673 g/mol. The molecule has 0 heterocycles. The Kier molecular flexibility index (Phi) is 11.7. The summed E-state index contributed by atoms with van der Waals surface area (Å²) in [6, 6.07) is 0. The Bertz CT molecular complexity index is 486. The first-order chi connectivity index (χ1) is 9.88. The van der Waals surface area contributed by atoms with E-state index in [-0.39, 0.29) is 48.0 Å². The monoisotopic (exact) mass is 706 g/mol. The molecule has 0 saturated heterocycles. The van der Waals surface area contributed by atoms with E-state index < -0.39 is 22.9 Å². The second-order valence-corrected chi connectivity index (χ2v) is 12.7. The van der Waals surface area contributed by atoms with Gasteiger partial charge in [-0.15, -0.1) is 48.0 Å². The van der Waals surface area contributed by atoms with Crippen LogP contribution in [0.1, 0.15) is 67.2 Å². The largest absolute Gasteiger partial charge is 0.107 e. The summed E-state index contributed by atoms with van der Waals surface area (Å²) < 4.78 is 3.78. The SMILES string of the molecule is CC1=CC[C]([Hf][C]2=C(CC(C)C)C(C)=CC2)=C1CC(C)C.I.I. The maximum absolute atomic E-state index is 2.48. The summed E-state index contributed by atoms with van der Waals surface area (Å²) in [6.45, 7) is 14.1. The molecule has 0 atom stereocenters. The number of halogens is 2. The molecule has 0 aliphatic heterocycles. The first-order valence-electron chi connectivity index (χ1n) is 8.43. The van der Waals surface area contributed by atoms with E-state index in [0.717, 1.165) is 11.8 Å². The van der Waals surface area contributed by atoms with Crippen LogP contribution in [0, 0.1) is 11.8 Å². The van der Waals surface area contributed by atoms with Crippen LogP contribution in [0.25, 0.3) is 0 Å². The normalized spacial score (nSPS) is 17.4. The number of rotatable bonds is 6. The van der Waals surface area contributed by atoms with E-state index in [0.29, 0.717) is 0 Å². The fourth-order valence-electron chi connectivity index (χ4n) is 3.30. The molecule has 0 radical (unpaired) electrons. The molecule has 0 aromatic rings. The summed E-state index contributed by atoms with van der Waals surface area (Å²) in [7, 11) is 0. The van der Waals surface area contributed by atoms with Crippen LogP contribution in [0.3, 0.4) is 0 Å². The Morgan fingerprint density at radius 1 is 0.783 bits per heavy atom. The van der Waals surface area contributed by atoms with Gasteiger partial charge in [-0.1, -0.05) is 0 Å². The smallest absolute Gasteiger partial charge is 0.107 e. The summed E-state index contributed by atoms with van der Waals surface area (Å²) in [6.07, 6.45) is 10.1. The summed E-state index contributed by atoms with van der Waals surface area (Å²) in [5.41, 5.74) is 6.66. The minimum absolute atomic E-state index is 0. The Morgan fingerprint density at radius 3 is 1.43 bits per heavy atom. The molecule has 0 bridgehead atoms. The van der Waals surface area contributed by atoms with E-state index in [1.54, 1.807) is 22.3 Å². The molecule has 0 fully saturated rings. The molecule has 0 aromatic carbocycles. The maximum Gasteiger partial charge on any atom is -0.107 e. The Morgan fingerprint density at radius 2 is 1.13 bits per heavy atom. The Labute approximate surface area is 189 Å². The van der Waals surface area contributed by atoms with E-state index >= 15 is 0 Å². The van der Waals surface area contributed by atoms with Crippen molar-refractivity contribution >= 4 is 48.0 Å². The maximum atomic E-state index is 2.48. The van der Waals surface area contributed by atoms with Crippen LogP contribution in [0.2, 0.25) is 0 Å². The van der Waals surface area contributed by atoms with Crippen LogP contribution in [-0.2, 0) is 22.9 Å². The van der Waals surface area contributed by atoms with Crippen molar-refractivity contribution in [3.63, 3.8) is 0 Å². The van der Waals surface area contributed by atoms with Crippen molar-refractivity contribution in [1.29, 1.82) is 0 Å². The van der Waals surface area contributed by atoms with Gasteiger partial charge in [0.05, 0.1) is 0 Å². The molecule has 0 spiro atoms. The van der Waals surface area contributed by atoms with Gasteiger partial charge in [0, 0.05) is 0 Å². The Hall–Kier alpha value is 1.29. The number of hydrogen-bond acceptors (Lipinski definition) is 0. The van der Waals surface area contributed by atoms with Gasteiger partial charge in [0.15, 0.2) is 0 Å². The van der Waals surface area contributed by atoms with E-state index in [2.05, 4.69) is 53.7 Å². The Balaban J connectivity index is 0.00000242. The van der Waals surface area contributed by atoms with Crippen molar-refractivity contribution in [2.24, 2.45) is 11.8 Å². The van der Waals surface area contributed by atoms with Crippen molar-refractivity contribution < 1.29 is 22.9 Å². The third-order valence-electron chi connectivity index (χ3n) is 4.43. The standard InChI is InChI=1S/2C10H15.Hf.2HI/c2*1-8(2)7-10-6-4-5-9(10)3;;;/h2*5,8H,4,7H2,1-3H3;;2*1H. The summed E-state index contributed by atoms with van der Waals surface area (Å²) >= 11 is -0.801. The summed E-state index contributed by atoms with van der Waals surface area (Å²) in [5, 5.41) is 0. The van der Waals surface area contributed by atoms with Gasteiger partial charge in [0.1, 0.15) is 0 Å². The van der Waals surface area contributed by atoms with Crippen LogP contribution in [0.15, 0.2) is 41.1 Å². The molecule has 0 unspecified atom stereocenters. The van der Waals surface area contributed by atoms with E-state index in [9.17, 15) is 0 Å². The van der Waals surface area contributed by atoms with Gasteiger partial charge in [0.25, 0.3) is 0 Å². The van der Waals surface area contributed by atoms with Crippen LogP contribution in [-0.4, -0.2) is 0 Å². The second kappa shape index (κ2) is 11.1. The first kappa shape index (κ1) is 24.3. The molecule has 0 saturated carbocycles. The molecule has 23 heavy (non-hydrogen) atoms. The van der Waals surface area contributed by atoms with Gasteiger partial charge in [-0.05, 0) is 0 Å². The van der Waals surface area contributed by atoms with Gasteiger partial charge in [0.2, 0.25) is 0 Å². The quantitative estimate of drug-likeness (QED) is 0.198.